The van der Waals surface area contributed by atoms with Crippen molar-refractivity contribution in [3.8, 4) is 0 Å². The van der Waals surface area contributed by atoms with E-state index in [0.29, 0.717) is 5.41 Å². The predicted octanol–water partition coefficient (Wildman–Crippen LogP) is 2.09. The summed E-state index contributed by atoms with van der Waals surface area (Å²) in [5.41, 5.74) is 0.457. The maximum absolute atomic E-state index is 3.64. The molecule has 2 N–H and O–H groups in total. The van der Waals surface area contributed by atoms with E-state index in [-0.39, 0.29) is 0 Å². The molecule has 0 aromatic rings. The Morgan fingerprint density at radius 1 is 1.17 bits per heavy atom. The van der Waals surface area contributed by atoms with Gasteiger partial charge in [-0.1, -0.05) is 40.0 Å². The number of hydrogen-bond acceptors (Lipinski definition) is 3. The molecular weight excluding hydrogens is 222 g/mol. The Morgan fingerprint density at radius 3 is 2.56 bits per heavy atom. The Bertz CT molecular complexity index is 198. The van der Waals surface area contributed by atoms with Crippen LogP contribution in [0.25, 0.3) is 0 Å². The van der Waals surface area contributed by atoms with Crippen molar-refractivity contribution in [2.45, 2.75) is 46.5 Å². The lowest BCUT2D eigenvalue weighted by atomic mass is 9.87. The van der Waals surface area contributed by atoms with Crippen molar-refractivity contribution in [2.75, 3.05) is 45.8 Å². The first-order valence-electron chi connectivity index (χ1n) is 7.78. The molecule has 0 bridgehead atoms. The first-order valence-corrected chi connectivity index (χ1v) is 7.78. The summed E-state index contributed by atoms with van der Waals surface area (Å²) < 4.78 is 0. The van der Waals surface area contributed by atoms with Gasteiger partial charge in [-0.25, -0.2) is 0 Å². The third-order valence-electron chi connectivity index (χ3n) is 3.88. The molecule has 1 fully saturated rings. The average molecular weight is 255 g/mol. The highest BCUT2D eigenvalue weighted by Gasteiger charge is 2.16. The third kappa shape index (κ3) is 7.34. The molecule has 1 rings (SSSR count). The lowest BCUT2D eigenvalue weighted by Crippen LogP contribution is -2.46. The second-order valence-corrected chi connectivity index (χ2v) is 6.39. The molecule has 3 nitrogen and oxygen atoms in total. The van der Waals surface area contributed by atoms with Gasteiger partial charge in [-0.05, 0) is 11.8 Å². The highest BCUT2D eigenvalue weighted by Crippen LogP contribution is 2.22. The number of nitrogens with one attached hydrogen (secondary N) is 2. The molecule has 0 unspecified atom stereocenters. The molecule has 108 valence electrons. The van der Waals surface area contributed by atoms with Gasteiger partial charge in [0.1, 0.15) is 0 Å². The zero-order valence-corrected chi connectivity index (χ0v) is 12.7. The molecule has 1 aliphatic rings. The monoisotopic (exact) mass is 255 g/mol. The van der Waals surface area contributed by atoms with E-state index in [2.05, 4.69) is 36.3 Å². The van der Waals surface area contributed by atoms with Gasteiger partial charge in [-0.2, -0.15) is 0 Å². The van der Waals surface area contributed by atoms with Crippen molar-refractivity contribution in [3.05, 3.63) is 0 Å². The van der Waals surface area contributed by atoms with Gasteiger partial charge in [-0.3, -0.25) is 4.90 Å². The van der Waals surface area contributed by atoms with Crippen LogP contribution in [-0.2, 0) is 0 Å². The smallest absolute Gasteiger partial charge is 0.0108 e. The van der Waals surface area contributed by atoms with Gasteiger partial charge >= 0.3 is 0 Å². The van der Waals surface area contributed by atoms with E-state index >= 15 is 0 Å². The third-order valence-corrected chi connectivity index (χ3v) is 3.88. The van der Waals surface area contributed by atoms with Gasteiger partial charge in [0, 0.05) is 45.8 Å². The molecule has 1 saturated heterocycles. The van der Waals surface area contributed by atoms with Crippen molar-refractivity contribution in [1.29, 1.82) is 0 Å². The standard InChI is InChI=1S/C15H33N3/c1-4-5-6-7-15(2,3)14-17-10-13-18-11-8-16-9-12-18/h16-17H,4-14H2,1-3H3. The van der Waals surface area contributed by atoms with Crippen LogP contribution in [0.2, 0.25) is 0 Å². The van der Waals surface area contributed by atoms with Gasteiger partial charge < -0.3 is 10.6 Å². The molecule has 3 heteroatoms. The van der Waals surface area contributed by atoms with Crippen molar-refractivity contribution in [1.82, 2.24) is 15.5 Å². The van der Waals surface area contributed by atoms with E-state index < -0.39 is 0 Å². The van der Waals surface area contributed by atoms with Crippen LogP contribution in [-0.4, -0.2) is 50.7 Å². The summed E-state index contributed by atoms with van der Waals surface area (Å²) in [7, 11) is 0. The second-order valence-electron chi connectivity index (χ2n) is 6.39. The van der Waals surface area contributed by atoms with Gasteiger partial charge in [0.15, 0.2) is 0 Å². The number of rotatable bonds is 9. The minimum atomic E-state index is 0.457. The molecule has 0 atom stereocenters. The van der Waals surface area contributed by atoms with Crippen LogP contribution in [0.4, 0.5) is 0 Å². The number of piperazine rings is 1. The van der Waals surface area contributed by atoms with E-state index in [9.17, 15) is 0 Å². The van der Waals surface area contributed by atoms with E-state index in [1.165, 1.54) is 45.3 Å². The lowest BCUT2D eigenvalue weighted by molar-refractivity contribution is 0.232. The molecule has 0 radical (unpaired) electrons. The van der Waals surface area contributed by atoms with E-state index in [1.54, 1.807) is 0 Å². The molecule has 0 aromatic heterocycles. The summed E-state index contributed by atoms with van der Waals surface area (Å²) in [6, 6.07) is 0. The van der Waals surface area contributed by atoms with Crippen LogP contribution in [0.5, 0.6) is 0 Å². The second kappa shape index (κ2) is 8.89. The Kier molecular flexibility index (Phi) is 7.87. The molecule has 0 aliphatic carbocycles. The fourth-order valence-corrected chi connectivity index (χ4v) is 2.54. The fourth-order valence-electron chi connectivity index (χ4n) is 2.54. The highest BCUT2D eigenvalue weighted by molar-refractivity contribution is 4.73. The summed E-state index contributed by atoms with van der Waals surface area (Å²) in [6.45, 7) is 15.3. The van der Waals surface area contributed by atoms with Gasteiger partial charge in [0.2, 0.25) is 0 Å². The van der Waals surface area contributed by atoms with Crippen LogP contribution in [0, 0.1) is 5.41 Å². The van der Waals surface area contributed by atoms with Crippen LogP contribution >= 0.6 is 0 Å². The van der Waals surface area contributed by atoms with E-state index in [0.717, 1.165) is 26.2 Å². The maximum Gasteiger partial charge on any atom is 0.0108 e. The summed E-state index contributed by atoms with van der Waals surface area (Å²) in [4.78, 5) is 2.55. The normalized spacial score (nSPS) is 18.2. The lowest BCUT2D eigenvalue weighted by Gasteiger charge is -2.29. The topological polar surface area (TPSA) is 27.3 Å². The van der Waals surface area contributed by atoms with Crippen LogP contribution in [0.1, 0.15) is 46.5 Å². The molecule has 0 amide bonds. The SMILES string of the molecule is CCCCCC(C)(C)CNCCN1CCNCC1. The van der Waals surface area contributed by atoms with E-state index in [4.69, 9.17) is 0 Å². The summed E-state index contributed by atoms with van der Waals surface area (Å²) in [6.07, 6.45) is 5.43. The zero-order valence-electron chi connectivity index (χ0n) is 12.7. The molecule has 0 saturated carbocycles. The van der Waals surface area contributed by atoms with Gasteiger partial charge in [0.05, 0.1) is 0 Å². The van der Waals surface area contributed by atoms with Gasteiger partial charge in [-0.15, -0.1) is 0 Å². The Labute approximate surface area is 114 Å². The zero-order chi connectivity index (χ0) is 13.3. The first kappa shape index (κ1) is 15.9. The molecular formula is C15H33N3. The summed E-state index contributed by atoms with van der Waals surface area (Å²) in [5.74, 6) is 0. The maximum atomic E-state index is 3.64. The number of nitrogens with zero attached hydrogens (tertiary/aromatic N) is 1. The summed E-state index contributed by atoms with van der Waals surface area (Å²) in [5, 5.41) is 7.03. The van der Waals surface area contributed by atoms with E-state index in [1.807, 2.05) is 0 Å². The Morgan fingerprint density at radius 2 is 1.89 bits per heavy atom. The van der Waals surface area contributed by atoms with Crippen molar-refractivity contribution in [2.24, 2.45) is 5.41 Å². The number of hydrogen-bond donors (Lipinski definition) is 2. The van der Waals surface area contributed by atoms with Crippen molar-refractivity contribution >= 4 is 0 Å². The largest absolute Gasteiger partial charge is 0.315 e. The average Bonchev–Trinajstić information content (AvgIpc) is 2.36. The highest BCUT2D eigenvalue weighted by atomic mass is 15.2. The molecule has 1 heterocycles. The van der Waals surface area contributed by atoms with Crippen LogP contribution in [0.3, 0.4) is 0 Å². The molecule has 18 heavy (non-hydrogen) atoms. The minimum absolute atomic E-state index is 0.457. The van der Waals surface area contributed by atoms with Crippen LogP contribution in [0.15, 0.2) is 0 Å². The quantitative estimate of drug-likeness (QED) is 0.618. The molecule has 0 aromatic carbocycles. The van der Waals surface area contributed by atoms with Gasteiger partial charge in [0.25, 0.3) is 0 Å². The van der Waals surface area contributed by atoms with Crippen molar-refractivity contribution < 1.29 is 0 Å². The first-order chi connectivity index (χ1) is 8.64. The van der Waals surface area contributed by atoms with Crippen LogP contribution < -0.4 is 10.6 Å². The Balaban J connectivity index is 2.01. The van der Waals surface area contributed by atoms with Crippen molar-refractivity contribution in [3.63, 3.8) is 0 Å². The molecule has 1 aliphatic heterocycles. The fraction of sp³-hybridized carbons (Fsp3) is 1.00. The minimum Gasteiger partial charge on any atom is -0.315 e. The molecule has 0 spiro atoms. The summed E-state index contributed by atoms with van der Waals surface area (Å²) >= 11 is 0. The Hall–Kier alpha value is -0.120. The predicted molar refractivity (Wildman–Crippen MR) is 80.1 cm³/mol. The number of unbranched alkanes of at least 4 members (excludes halogenated alkanes) is 2.